The number of nitrogens with zero attached hydrogens (tertiary/aromatic N) is 3. The molecule has 0 radical (unpaired) electrons. The molecule has 28 heavy (non-hydrogen) atoms. The smallest absolute Gasteiger partial charge is 0.271 e. The number of hydrogen-bond donors (Lipinski definition) is 1. The fourth-order valence-corrected chi connectivity index (χ4v) is 3.60. The van der Waals surface area contributed by atoms with Gasteiger partial charge in [-0.05, 0) is 42.8 Å². The van der Waals surface area contributed by atoms with E-state index in [9.17, 15) is 4.79 Å². The lowest BCUT2D eigenvalue weighted by Gasteiger charge is -2.18. The predicted octanol–water partition coefficient (Wildman–Crippen LogP) is 3.12. The molecular formula is C21H22N4O3. The normalized spacial score (nSPS) is 16.2. The first-order chi connectivity index (χ1) is 13.7. The summed E-state index contributed by atoms with van der Waals surface area (Å²) in [5.41, 5.74) is 2.93. The zero-order chi connectivity index (χ0) is 19.5. The Hall–Kier alpha value is -3.35. The molecule has 1 atom stereocenters. The molecule has 1 N–H and O–H groups in total. The molecule has 0 bridgehead atoms. The summed E-state index contributed by atoms with van der Waals surface area (Å²) < 4.78 is 10.9. The minimum Gasteiger partial charge on any atom is -0.497 e. The van der Waals surface area contributed by atoms with Crippen LogP contribution in [0.25, 0.3) is 11.4 Å². The first-order valence-corrected chi connectivity index (χ1v) is 9.17. The van der Waals surface area contributed by atoms with Gasteiger partial charge in [-0.3, -0.25) is 14.9 Å². The molecule has 0 spiro atoms. The Labute approximate surface area is 163 Å². The van der Waals surface area contributed by atoms with E-state index < -0.39 is 0 Å². The highest BCUT2D eigenvalue weighted by atomic mass is 16.5. The lowest BCUT2D eigenvalue weighted by atomic mass is 9.97. The number of aromatic amines is 1. The predicted molar refractivity (Wildman–Crippen MR) is 105 cm³/mol. The number of carbonyl (C=O) groups excluding carboxylic acids is 1. The summed E-state index contributed by atoms with van der Waals surface area (Å²) in [5, 5.41) is 7.09. The van der Waals surface area contributed by atoms with Crippen molar-refractivity contribution >= 4 is 5.91 Å². The summed E-state index contributed by atoms with van der Waals surface area (Å²) in [4.78, 5) is 19.0. The van der Waals surface area contributed by atoms with E-state index in [1.54, 1.807) is 26.5 Å². The van der Waals surface area contributed by atoms with Crippen molar-refractivity contribution in [3.63, 3.8) is 0 Å². The van der Waals surface area contributed by atoms with Crippen molar-refractivity contribution in [2.75, 3.05) is 27.3 Å². The molecule has 4 rings (SSSR count). The fraction of sp³-hybridized carbons (Fsp3) is 0.286. The van der Waals surface area contributed by atoms with Gasteiger partial charge in [0.05, 0.1) is 19.9 Å². The highest BCUT2D eigenvalue weighted by Crippen LogP contribution is 2.36. The molecule has 0 unspecified atom stereocenters. The molecule has 1 aliphatic heterocycles. The van der Waals surface area contributed by atoms with Crippen LogP contribution in [-0.2, 0) is 0 Å². The van der Waals surface area contributed by atoms with Crippen molar-refractivity contribution in [1.82, 2.24) is 20.1 Å². The molecular weight excluding hydrogens is 356 g/mol. The van der Waals surface area contributed by atoms with E-state index in [1.807, 2.05) is 41.3 Å². The van der Waals surface area contributed by atoms with Gasteiger partial charge in [0.1, 0.15) is 22.9 Å². The van der Waals surface area contributed by atoms with Gasteiger partial charge in [0.2, 0.25) is 0 Å². The van der Waals surface area contributed by atoms with Gasteiger partial charge >= 0.3 is 0 Å². The molecule has 3 aromatic rings. The van der Waals surface area contributed by atoms with E-state index >= 15 is 0 Å². The van der Waals surface area contributed by atoms with Crippen LogP contribution >= 0.6 is 0 Å². The third kappa shape index (κ3) is 3.43. The molecule has 144 valence electrons. The van der Waals surface area contributed by atoms with E-state index in [1.165, 1.54) is 0 Å². The highest BCUT2D eigenvalue weighted by Gasteiger charge is 2.30. The van der Waals surface area contributed by atoms with Crippen LogP contribution in [0.5, 0.6) is 11.5 Å². The number of amides is 1. The number of ether oxygens (including phenoxy) is 2. The number of benzene rings is 1. The van der Waals surface area contributed by atoms with E-state index in [4.69, 9.17) is 9.47 Å². The van der Waals surface area contributed by atoms with Crippen LogP contribution in [0.4, 0.5) is 0 Å². The molecule has 1 amide bonds. The third-order valence-corrected chi connectivity index (χ3v) is 5.09. The Morgan fingerprint density at radius 3 is 2.79 bits per heavy atom. The second kappa shape index (κ2) is 7.72. The van der Waals surface area contributed by atoms with Gasteiger partial charge in [0, 0.05) is 30.8 Å². The first kappa shape index (κ1) is 18.0. The first-order valence-electron chi connectivity index (χ1n) is 9.17. The molecule has 1 aliphatic rings. The molecule has 0 saturated carbocycles. The third-order valence-electron chi connectivity index (χ3n) is 5.09. The van der Waals surface area contributed by atoms with Gasteiger partial charge in [0.25, 0.3) is 5.91 Å². The number of likely N-dealkylation sites (tertiary alicyclic amines) is 1. The van der Waals surface area contributed by atoms with Crippen LogP contribution in [-0.4, -0.2) is 53.3 Å². The van der Waals surface area contributed by atoms with Gasteiger partial charge < -0.3 is 14.4 Å². The van der Waals surface area contributed by atoms with Gasteiger partial charge in [-0.15, -0.1) is 0 Å². The summed E-state index contributed by atoms with van der Waals surface area (Å²) in [6.07, 6.45) is 2.58. The van der Waals surface area contributed by atoms with Gasteiger partial charge in [-0.1, -0.05) is 6.07 Å². The van der Waals surface area contributed by atoms with Crippen LogP contribution < -0.4 is 9.47 Å². The van der Waals surface area contributed by atoms with Crippen molar-refractivity contribution < 1.29 is 14.3 Å². The quantitative estimate of drug-likeness (QED) is 0.738. The van der Waals surface area contributed by atoms with Crippen molar-refractivity contribution in [1.29, 1.82) is 0 Å². The Morgan fingerprint density at radius 1 is 1.14 bits per heavy atom. The Bertz CT molecular complexity index is 971. The minimum absolute atomic E-state index is 0.0564. The maximum absolute atomic E-state index is 12.9. The summed E-state index contributed by atoms with van der Waals surface area (Å²) in [5.74, 6) is 1.75. The lowest BCUT2D eigenvalue weighted by Crippen LogP contribution is -2.28. The van der Waals surface area contributed by atoms with Gasteiger partial charge in [-0.25, -0.2) is 0 Å². The van der Waals surface area contributed by atoms with Crippen molar-refractivity contribution in [2.45, 2.75) is 12.3 Å². The second-order valence-electron chi connectivity index (χ2n) is 6.73. The minimum atomic E-state index is -0.0564. The Morgan fingerprint density at radius 2 is 2.04 bits per heavy atom. The molecule has 3 heterocycles. The van der Waals surface area contributed by atoms with Crippen LogP contribution in [0.2, 0.25) is 0 Å². The maximum atomic E-state index is 12.9. The Kier molecular flexibility index (Phi) is 4.97. The molecule has 1 fully saturated rings. The number of nitrogens with one attached hydrogen (secondary N) is 1. The number of hydrogen-bond acceptors (Lipinski definition) is 5. The average molecular weight is 378 g/mol. The zero-order valence-electron chi connectivity index (χ0n) is 15.9. The number of rotatable bonds is 5. The monoisotopic (exact) mass is 378 g/mol. The SMILES string of the molecule is COc1ccc(OC)c([C@@H]2CCN(C(=O)c3cc(-c4ccccn4)n[nH]3)C2)c1. The average Bonchev–Trinajstić information content (AvgIpc) is 3.43. The fourth-order valence-electron chi connectivity index (χ4n) is 3.60. The molecule has 7 heteroatoms. The van der Waals surface area contributed by atoms with E-state index in [0.29, 0.717) is 24.5 Å². The second-order valence-corrected chi connectivity index (χ2v) is 6.73. The standard InChI is InChI=1S/C21H22N4O3/c1-27-15-6-7-20(28-2)16(11-15)14-8-10-25(13-14)21(26)19-12-18(23-24-19)17-5-3-4-9-22-17/h3-7,9,11-12,14H,8,10,13H2,1-2H3,(H,23,24)/t14-/m1/s1. The van der Waals surface area contributed by atoms with Crippen LogP contribution in [0.3, 0.4) is 0 Å². The summed E-state index contributed by atoms with van der Waals surface area (Å²) in [6, 6.07) is 13.1. The molecule has 1 aromatic carbocycles. The Balaban J connectivity index is 1.50. The number of aromatic nitrogens is 3. The van der Waals surface area contributed by atoms with E-state index in [2.05, 4.69) is 15.2 Å². The number of carbonyl (C=O) groups is 1. The van der Waals surface area contributed by atoms with E-state index in [0.717, 1.165) is 29.2 Å². The van der Waals surface area contributed by atoms with Gasteiger partial charge in [-0.2, -0.15) is 5.10 Å². The molecule has 2 aromatic heterocycles. The van der Waals surface area contributed by atoms with Crippen LogP contribution in [0, 0.1) is 0 Å². The topological polar surface area (TPSA) is 80.3 Å². The lowest BCUT2D eigenvalue weighted by molar-refractivity contribution is 0.0785. The largest absolute Gasteiger partial charge is 0.497 e. The van der Waals surface area contributed by atoms with Crippen molar-refractivity contribution in [3.8, 4) is 22.9 Å². The van der Waals surface area contributed by atoms with Crippen molar-refractivity contribution in [3.05, 3.63) is 59.9 Å². The maximum Gasteiger partial charge on any atom is 0.271 e. The number of methoxy groups -OCH3 is 2. The highest BCUT2D eigenvalue weighted by molar-refractivity contribution is 5.93. The number of pyridine rings is 1. The summed E-state index contributed by atoms with van der Waals surface area (Å²) >= 11 is 0. The summed E-state index contributed by atoms with van der Waals surface area (Å²) in [6.45, 7) is 1.31. The van der Waals surface area contributed by atoms with Gasteiger partial charge in [0.15, 0.2) is 0 Å². The summed E-state index contributed by atoms with van der Waals surface area (Å²) in [7, 11) is 3.31. The molecule has 1 saturated heterocycles. The van der Waals surface area contributed by atoms with E-state index in [-0.39, 0.29) is 11.8 Å². The van der Waals surface area contributed by atoms with Crippen molar-refractivity contribution in [2.24, 2.45) is 0 Å². The number of H-pyrrole nitrogens is 1. The van der Waals surface area contributed by atoms with Crippen LogP contribution in [0.1, 0.15) is 28.4 Å². The molecule has 0 aliphatic carbocycles. The van der Waals surface area contributed by atoms with Crippen LogP contribution in [0.15, 0.2) is 48.7 Å². The molecule has 7 nitrogen and oxygen atoms in total. The zero-order valence-corrected chi connectivity index (χ0v) is 15.9.